The minimum absolute atomic E-state index is 0.112. The van der Waals surface area contributed by atoms with Crippen LogP contribution in [0.25, 0.3) is 0 Å². The van der Waals surface area contributed by atoms with Gasteiger partial charge in [0.05, 0.1) is 5.25 Å². The van der Waals surface area contributed by atoms with Gasteiger partial charge in [0.1, 0.15) is 0 Å². The third-order valence-electron chi connectivity index (χ3n) is 4.27. The van der Waals surface area contributed by atoms with Crippen LogP contribution in [0.4, 0.5) is 0 Å². The van der Waals surface area contributed by atoms with E-state index in [2.05, 4.69) is 46.9 Å². The zero-order valence-corrected chi connectivity index (χ0v) is 14.0. The zero-order valence-electron chi connectivity index (χ0n) is 13.2. The highest BCUT2D eigenvalue weighted by Crippen LogP contribution is 2.40. The summed E-state index contributed by atoms with van der Waals surface area (Å²) >= 11 is 0. The van der Waals surface area contributed by atoms with Gasteiger partial charge in [0.25, 0.3) is 0 Å². The maximum absolute atomic E-state index is 12.7. The van der Waals surface area contributed by atoms with E-state index in [-0.39, 0.29) is 4.75 Å². The molecule has 0 spiro atoms. The van der Waals surface area contributed by atoms with E-state index in [1.807, 2.05) is 7.05 Å². The first-order valence-electron chi connectivity index (χ1n) is 7.15. The second-order valence-corrected chi connectivity index (χ2v) is 10.1. The van der Waals surface area contributed by atoms with Crippen LogP contribution < -0.4 is 5.32 Å². The minimum Gasteiger partial charge on any atom is -0.316 e. The lowest BCUT2D eigenvalue weighted by molar-refractivity contribution is 0.165. The molecule has 4 unspecified atom stereocenters. The fraction of sp³-hybridized carbons (Fsp3) is 1.00. The summed E-state index contributed by atoms with van der Waals surface area (Å²) in [5.41, 5.74) is 0.332. The molecule has 1 N–H and O–H groups in total. The Morgan fingerprint density at radius 2 is 1.61 bits per heavy atom. The monoisotopic (exact) mass is 273 g/mol. The van der Waals surface area contributed by atoms with Crippen molar-refractivity contribution in [1.82, 2.24) is 5.32 Å². The summed E-state index contributed by atoms with van der Waals surface area (Å²) in [7, 11) is 1.24. The molecule has 1 fully saturated rings. The van der Waals surface area contributed by atoms with E-state index < -0.39 is 10.8 Å². The lowest BCUT2D eigenvalue weighted by atomic mass is 9.71. The summed E-state index contributed by atoms with van der Waals surface area (Å²) < 4.78 is 12.6. The molecule has 0 bridgehead atoms. The average molecular weight is 273 g/mol. The van der Waals surface area contributed by atoms with Crippen molar-refractivity contribution in [2.75, 3.05) is 7.05 Å². The van der Waals surface area contributed by atoms with Crippen molar-refractivity contribution in [3.05, 3.63) is 0 Å². The van der Waals surface area contributed by atoms with Crippen molar-refractivity contribution in [2.45, 2.75) is 76.8 Å². The molecule has 1 rings (SSSR count). The fourth-order valence-corrected chi connectivity index (χ4v) is 4.82. The smallest absolute Gasteiger partial charge is 0.0509 e. The van der Waals surface area contributed by atoms with Crippen LogP contribution in [-0.2, 0) is 10.8 Å². The molecule has 0 heterocycles. The molecule has 0 aromatic heterocycles. The number of nitrogens with one attached hydrogen (secondary N) is 1. The molecule has 1 aliphatic carbocycles. The lowest BCUT2D eigenvalue weighted by Gasteiger charge is -2.43. The van der Waals surface area contributed by atoms with Gasteiger partial charge in [-0.3, -0.25) is 4.21 Å². The van der Waals surface area contributed by atoms with E-state index in [1.165, 1.54) is 6.42 Å². The number of rotatable bonds is 2. The molecule has 1 saturated carbocycles. The van der Waals surface area contributed by atoms with Crippen molar-refractivity contribution < 1.29 is 4.21 Å². The molecule has 0 aromatic carbocycles. The van der Waals surface area contributed by atoms with E-state index >= 15 is 0 Å². The Labute approximate surface area is 116 Å². The molecule has 108 valence electrons. The van der Waals surface area contributed by atoms with Crippen LogP contribution in [-0.4, -0.2) is 27.3 Å². The van der Waals surface area contributed by atoms with Crippen molar-refractivity contribution in [3.63, 3.8) is 0 Å². The Balaban J connectivity index is 2.87. The van der Waals surface area contributed by atoms with Crippen molar-refractivity contribution in [3.8, 4) is 0 Å². The van der Waals surface area contributed by atoms with Gasteiger partial charge < -0.3 is 5.32 Å². The van der Waals surface area contributed by atoms with E-state index in [1.54, 1.807) is 0 Å². The van der Waals surface area contributed by atoms with Gasteiger partial charge in [-0.15, -0.1) is 0 Å². The van der Waals surface area contributed by atoms with E-state index in [0.717, 1.165) is 12.8 Å². The summed E-state index contributed by atoms with van der Waals surface area (Å²) in [6.07, 6.45) is 3.51. The Morgan fingerprint density at radius 1 is 1.06 bits per heavy atom. The summed E-state index contributed by atoms with van der Waals surface area (Å²) in [4.78, 5) is 0. The van der Waals surface area contributed by atoms with Gasteiger partial charge in [-0.1, -0.05) is 20.8 Å². The average Bonchev–Trinajstić information content (AvgIpc) is 2.24. The van der Waals surface area contributed by atoms with Gasteiger partial charge in [0.15, 0.2) is 0 Å². The van der Waals surface area contributed by atoms with Gasteiger partial charge >= 0.3 is 0 Å². The standard InChI is InChI=1S/C15H31NOS/c1-14(2,3)11-8-9-12(16-7)13(10-11)18(17)15(4,5)6/h11-13,16H,8-10H2,1-7H3. The molecule has 18 heavy (non-hydrogen) atoms. The number of hydrogen-bond donors (Lipinski definition) is 1. The predicted octanol–water partition coefficient (Wildman–Crippen LogP) is 3.34. The van der Waals surface area contributed by atoms with Crippen molar-refractivity contribution >= 4 is 10.8 Å². The molecule has 0 aromatic rings. The Morgan fingerprint density at radius 3 is 2.00 bits per heavy atom. The SMILES string of the molecule is CNC1CCC(C(C)(C)C)CC1S(=O)C(C)(C)C. The first kappa shape index (κ1) is 16.2. The summed E-state index contributed by atoms with van der Waals surface area (Å²) in [6.45, 7) is 13.2. The van der Waals surface area contributed by atoms with Crippen molar-refractivity contribution in [1.29, 1.82) is 0 Å². The third-order valence-corrected chi connectivity index (χ3v) is 6.54. The van der Waals surface area contributed by atoms with Gasteiger partial charge in [-0.2, -0.15) is 0 Å². The maximum atomic E-state index is 12.7. The largest absolute Gasteiger partial charge is 0.316 e. The Bertz CT molecular complexity index is 301. The highest BCUT2D eigenvalue weighted by atomic mass is 32.2. The van der Waals surface area contributed by atoms with Gasteiger partial charge in [-0.05, 0) is 58.4 Å². The quantitative estimate of drug-likeness (QED) is 0.836. The molecule has 0 aliphatic heterocycles. The second kappa shape index (κ2) is 5.62. The Hall–Kier alpha value is 0.110. The molecule has 0 radical (unpaired) electrons. The van der Waals surface area contributed by atoms with Crippen LogP contribution in [0.5, 0.6) is 0 Å². The molecule has 0 amide bonds. The highest BCUT2D eigenvalue weighted by molar-refractivity contribution is 7.87. The zero-order chi connectivity index (χ0) is 14.1. The maximum Gasteiger partial charge on any atom is 0.0509 e. The molecular weight excluding hydrogens is 242 g/mol. The fourth-order valence-electron chi connectivity index (χ4n) is 2.94. The predicted molar refractivity (Wildman–Crippen MR) is 81.3 cm³/mol. The highest BCUT2D eigenvalue weighted by Gasteiger charge is 2.40. The molecule has 1 aliphatic rings. The topological polar surface area (TPSA) is 29.1 Å². The summed E-state index contributed by atoms with van der Waals surface area (Å²) in [5.74, 6) is 0.693. The van der Waals surface area contributed by atoms with Crippen LogP contribution in [0.15, 0.2) is 0 Å². The van der Waals surface area contributed by atoms with Crippen LogP contribution in [0.3, 0.4) is 0 Å². The van der Waals surface area contributed by atoms with Crippen molar-refractivity contribution in [2.24, 2.45) is 11.3 Å². The third kappa shape index (κ3) is 3.80. The number of hydrogen-bond acceptors (Lipinski definition) is 2. The van der Waals surface area contributed by atoms with Gasteiger partial charge in [-0.25, -0.2) is 0 Å². The molecule has 4 atom stereocenters. The summed E-state index contributed by atoms with van der Waals surface area (Å²) in [6, 6.07) is 0.420. The molecule has 2 nitrogen and oxygen atoms in total. The van der Waals surface area contributed by atoms with Crippen LogP contribution in [0.2, 0.25) is 0 Å². The van der Waals surface area contributed by atoms with E-state index in [9.17, 15) is 4.21 Å². The van der Waals surface area contributed by atoms with E-state index in [4.69, 9.17) is 0 Å². The van der Waals surface area contributed by atoms with Gasteiger partial charge in [0.2, 0.25) is 0 Å². The van der Waals surface area contributed by atoms with Crippen LogP contribution in [0, 0.1) is 11.3 Å². The second-order valence-electron chi connectivity index (χ2n) is 7.72. The van der Waals surface area contributed by atoms with Crippen LogP contribution >= 0.6 is 0 Å². The van der Waals surface area contributed by atoms with E-state index in [0.29, 0.717) is 22.6 Å². The molecule has 3 heteroatoms. The Kier molecular flexibility index (Phi) is 5.05. The van der Waals surface area contributed by atoms with Gasteiger partial charge in [0, 0.05) is 21.6 Å². The first-order valence-corrected chi connectivity index (χ1v) is 8.36. The first-order chi connectivity index (χ1) is 8.07. The minimum atomic E-state index is -0.772. The lowest BCUT2D eigenvalue weighted by Crippen LogP contribution is -2.50. The molecular formula is C15H31NOS. The molecule has 0 saturated heterocycles. The normalized spacial score (nSPS) is 32.3. The summed E-state index contributed by atoms with van der Waals surface area (Å²) in [5, 5.41) is 3.68. The van der Waals surface area contributed by atoms with Crippen LogP contribution in [0.1, 0.15) is 60.8 Å².